The Bertz CT molecular complexity index is 176. The Balaban J connectivity index is 3.75. The maximum atomic E-state index is 11.6. The second-order valence-electron chi connectivity index (χ2n) is 3.73. The second kappa shape index (κ2) is 9.04. The lowest BCUT2D eigenvalue weighted by atomic mass is 10.2. The van der Waals surface area contributed by atoms with E-state index in [1.165, 1.54) is 0 Å². The number of carbonyl (C=O) groups is 1. The van der Waals surface area contributed by atoms with Crippen LogP contribution in [0.5, 0.6) is 0 Å². The lowest BCUT2D eigenvalue weighted by Gasteiger charge is -2.24. The average Bonchev–Trinajstić information content (AvgIpc) is 2.24. The minimum absolute atomic E-state index is 0.217. The molecule has 1 amide bonds. The lowest BCUT2D eigenvalue weighted by molar-refractivity contribution is -0.131. The van der Waals surface area contributed by atoms with Crippen LogP contribution in [0.15, 0.2) is 0 Å². The van der Waals surface area contributed by atoms with Crippen LogP contribution < -0.4 is 5.73 Å². The van der Waals surface area contributed by atoms with Crippen molar-refractivity contribution in [2.24, 2.45) is 5.73 Å². The summed E-state index contributed by atoms with van der Waals surface area (Å²) in [5.41, 5.74) is 5.38. The van der Waals surface area contributed by atoms with Gasteiger partial charge < -0.3 is 10.6 Å². The van der Waals surface area contributed by atoms with E-state index in [2.05, 4.69) is 13.8 Å². The van der Waals surface area contributed by atoms with Crippen LogP contribution in [-0.4, -0.2) is 41.9 Å². The number of carbonyl (C=O) groups excluding carboxylic acids is 1. The molecule has 0 aliphatic carbocycles. The van der Waals surface area contributed by atoms with Crippen LogP contribution in [0.2, 0.25) is 0 Å². The van der Waals surface area contributed by atoms with E-state index < -0.39 is 0 Å². The van der Waals surface area contributed by atoms with Crippen LogP contribution in [0.1, 0.15) is 33.1 Å². The second-order valence-corrected chi connectivity index (χ2v) is 5.13. The van der Waals surface area contributed by atoms with Crippen molar-refractivity contribution in [3.05, 3.63) is 0 Å². The molecule has 0 aliphatic heterocycles. The van der Waals surface area contributed by atoms with Gasteiger partial charge >= 0.3 is 0 Å². The molecule has 0 aromatic carbocycles. The predicted octanol–water partition coefficient (Wildman–Crippen LogP) is 1.72. The molecular weight excluding hydrogens is 208 g/mol. The summed E-state index contributed by atoms with van der Waals surface area (Å²) in [4.78, 5) is 13.5. The number of hydrogen-bond acceptors (Lipinski definition) is 3. The fourth-order valence-corrected chi connectivity index (χ4v) is 2.06. The molecule has 90 valence electrons. The first-order valence-electron chi connectivity index (χ1n) is 5.67. The van der Waals surface area contributed by atoms with Gasteiger partial charge in [-0.3, -0.25) is 4.79 Å². The fourth-order valence-electron chi connectivity index (χ4n) is 1.27. The summed E-state index contributed by atoms with van der Waals surface area (Å²) in [5, 5.41) is 0. The molecule has 0 aromatic heterocycles. The molecule has 0 spiro atoms. The topological polar surface area (TPSA) is 46.3 Å². The summed E-state index contributed by atoms with van der Waals surface area (Å²) in [6.45, 7) is 4.86. The Morgan fingerprint density at radius 1 is 1.53 bits per heavy atom. The largest absolute Gasteiger partial charge is 0.343 e. The Kier molecular flexibility index (Phi) is 8.91. The molecule has 1 atom stereocenters. The predicted molar refractivity (Wildman–Crippen MR) is 68.1 cm³/mol. The van der Waals surface area contributed by atoms with Gasteiger partial charge in [0, 0.05) is 19.5 Å². The first-order chi connectivity index (χ1) is 7.13. The quantitative estimate of drug-likeness (QED) is 0.648. The zero-order valence-corrected chi connectivity index (χ0v) is 11.0. The van der Waals surface area contributed by atoms with Gasteiger partial charge in [-0.2, -0.15) is 11.8 Å². The van der Waals surface area contributed by atoms with Gasteiger partial charge in [0.25, 0.3) is 0 Å². The molecule has 0 bridgehead atoms. The number of nitrogens with two attached hydrogens (primary N) is 1. The van der Waals surface area contributed by atoms with Gasteiger partial charge in [-0.25, -0.2) is 0 Å². The Hall–Kier alpha value is -0.220. The number of rotatable bonds is 8. The van der Waals surface area contributed by atoms with Crippen molar-refractivity contribution in [3.63, 3.8) is 0 Å². The van der Waals surface area contributed by atoms with E-state index in [1.807, 2.05) is 23.7 Å². The van der Waals surface area contributed by atoms with Crippen molar-refractivity contribution < 1.29 is 4.79 Å². The van der Waals surface area contributed by atoms with Gasteiger partial charge in [0.15, 0.2) is 0 Å². The molecule has 0 saturated heterocycles. The van der Waals surface area contributed by atoms with Crippen LogP contribution in [-0.2, 0) is 4.79 Å². The number of thioether (sulfide) groups is 1. The molecule has 0 rings (SSSR count). The van der Waals surface area contributed by atoms with Crippen LogP contribution >= 0.6 is 11.8 Å². The average molecular weight is 232 g/mol. The highest BCUT2D eigenvalue weighted by Gasteiger charge is 2.14. The molecule has 0 fully saturated rings. The maximum Gasteiger partial charge on any atom is 0.222 e. The first kappa shape index (κ1) is 14.8. The van der Waals surface area contributed by atoms with Gasteiger partial charge in [-0.15, -0.1) is 0 Å². The summed E-state index contributed by atoms with van der Waals surface area (Å²) >= 11 is 1.93. The SMILES string of the molecule is CCSCCC(C)N(C)C(=O)CCCN. The van der Waals surface area contributed by atoms with Gasteiger partial charge in [0.1, 0.15) is 0 Å². The van der Waals surface area contributed by atoms with Gasteiger partial charge in [0.2, 0.25) is 5.91 Å². The summed E-state index contributed by atoms with van der Waals surface area (Å²) in [6, 6.07) is 0.342. The van der Waals surface area contributed by atoms with E-state index in [9.17, 15) is 4.79 Å². The minimum atomic E-state index is 0.217. The molecule has 0 saturated carbocycles. The summed E-state index contributed by atoms with van der Waals surface area (Å²) < 4.78 is 0. The van der Waals surface area contributed by atoms with Crippen LogP contribution in [0, 0.1) is 0 Å². The van der Waals surface area contributed by atoms with E-state index >= 15 is 0 Å². The van der Waals surface area contributed by atoms with Crippen molar-refractivity contribution >= 4 is 17.7 Å². The van der Waals surface area contributed by atoms with E-state index in [1.54, 1.807) is 0 Å². The zero-order chi connectivity index (χ0) is 11.7. The van der Waals surface area contributed by atoms with Crippen LogP contribution in [0.25, 0.3) is 0 Å². The van der Waals surface area contributed by atoms with Crippen molar-refractivity contribution in [3.8, 4) is 0 Å². The monoisotopic (exact) mass is 232 g/mol. The summed E-state index contributed by atoms with van der Waals surface area (Å²) in [6.07, 6.45) is 2.45. The van der Waals surface area contributed by atoms with E-state index in [0.29, 0.717) is 19.0 Å². The lowest BCUT2D eigenvalue weighted by Crippen LogP contribution is -2.35. The Morgan fingerprint density at radius 3 is 2.73 bits per heavy atom. The first-order valence-corrected chi connectivity index (χ1v) is 6.82. The Morgan fingerprint density at radius 2 is 2.20 bits per heavy atom. The molecular formula is C11H24N2OS. The molecule has 0 heterocycles. The molecule has 0 radical (unpaired) electrons. The van der Waals surface area contributed by atoms with Crippen molar-refractivity contribution in [1.82, 2.24) is 4.90 Å². The highest BCUT2D eigenvalue weighted by molar-refractivity contribution is 7.99. The van der Waals surface area contributed by atoms with E-state index in [4.69, 9.17) is 5.73 Å². The third kappa shape index (κ3) is 6.79. The third-order valence-electron chi connectivity index (χ3n) is 2.53. The standard InChI is InChI=1S/C11H24N2OS/c1-4-15-9-7-10(2)13(3)11(14)6-5-8-12/h10H,4-9,12H2,1-3H3. The normalized spacial score (nSPS) is 12.5. The Labute approximate surface area is 97.8 Å². The molecule has 3 nitrogen and oxygen atoms in total. The van der Waals surface area contributed by atoms with Gasteiger partial charge in [0.05, 0.1) is 0 Å². The van der Waals surface area contributed by atoms with Gasteiger partial charge in [-0.05, 0) is 37.8 Å². The van der Waals surface area contributed by atoms with Crippen LogP contribution in [0.4, 0.5) is 0 Å². The molecule has 1 unspecified atom stereocenters. The van der Waals surface area contributed by atoms with Crippen molar-refractivity contribution in [2.45, 2.75) is 39.2 Å². The maximum absolute atomic E-state index is 11.6. The molecule has 2 N–H and O–H groups in total. The smallest absolute Gasteiger partial charge is 0.222 e. The van der Waals surface area contributed by atoms with Gasteiger partial charge in [-0.1, -0.05) is 6.92 Å². The van der Waals surface area contributed by atoms with Crippen LogP contribution in [0.3, 0.4) is 0 Å². The molecule has 0 aliphatic rings. The summed E-state index contributed by atoms with van der Waals surface area (Å²) in [5.74, 6) is 2.50. The number of nitrogens with zero attached hydrogens (tertiary/aromatic N) is 1. The zero-order valence-electron chi connectivity index (χ0n) is 10.2. The van der Waals surface area contributed by atoms with Crippen molar-refractivity contribution in [2.75, 3.05) is 25.1 Å². The van der Waals surface area contributed by atoms with E-state index in [0.717, 1.165) is 24.3 Å². The highest BCUT2D eigenvalue weighted by Crippen LogP contribution is 2.09. The molecule has 4 heteroatoms. The van der Waals surface area contributed by atoms with Crippen molar-refractivity contribution in [1.29, 1.82) is 0 Å². The third-order valence-corrected chi connectivity index (χ3v) is 3.47. The summed E-state index contributed by atoms with van der Waals surface area (Å²) in [7, 11) is 1.89. The molecule has 0 aromatic rings. The molecule has 15 heavy (non-hydrogen) atoms. The van der Waals surface area contributed by atoms with E-state index in [-0.39, 0.29) is 5.91 Å². The number of hydrogen-bond donors (Lipinski definition) is 1. The minimum Gasteiger partial charge on any atom is -0.343 e. The fraction of sp³-hybridized carbons (Fsp3) is 0.909. The highest BCUT2D eigenvalue weighted by atomic mass is 32.2. The number of amides is 1.